The second kappa shape index (κ2) is 5.00. The average molecular weight is 283 g/mol. The lowest BCUT2D eigenvalue weighted by Gasteiger charge is -2.28. The standard InChI is InChI=1S/C13H15BrO2/c14-11-6-2-5-10(8-11)12(13(15)16)7-9-3-1-4-9/h2,5-6,8-9,12H,1,3-4,7H2,(H,15,16). The summed E-state index contributed by atoms with van der Waals surface area (Å²) in [5.74, 6) is -0.437. The molecule has 0 bridgehead atoms. The van der Waals surface area contributed by atoms with Gasteiger partial charge in [0.1, 0.15) is 0 Å². The molecule has 1 aliphatic rings. The molecule has 0 saturated heterocycles. The van der Waals surface area contributed by atoms with Crippen molar-refractivity contribution in [3.05, 3.63) is 34.3 Å². The molecule has 0 heterocycles. The van der Waals surface area contributed by atoms with Gasteiger partial charge in [0.15, 0.2) is 0 Å². The van der Waals surface area contributed by atoms with Crippen LogP contribution in [-0.4, -0.2) is 11.1 Å². The molecule has 0 aliphatic heterocycles. The van der Waals surface area contributed by atoms with Gasteiger partial charge >= 0.3 is 5.97 Å². The van der Waals surface area contributed by atoms with Crippen molar-refractivity contribution in [3.8, 4) is 0 Å². The van der Waals surface area contributed by atoms with Crippen LogP contribution < -0.4 is 0 Å². The Hall–Kier alpha value is -0.830. The van der Waals surface area contributed by atoms with Gasteiger partial charge < -0.3 is 5.11 Å². The van der Waals surface area contributed by atoms with Crippen molar-refractivity contribution in [3.63, 3.8) is 0 Å². The summed E-state index contributed by atoms with van der Waals surface area (Å²) in [6, 6.07) is 7.64. The van der Waals surface area contributed by atoms with Crippen molar-refractivity contribution in [1.29, 1.82) is 0 Å². The van der Waals surface area contributed by atoms with Crippen molar-refractivity contribution >= 4 is 21.9 Å². The number of hydrogen-bond acceptors (Lipinski definition) is 1. The van der Waals surface area contributed by atoms with Crippen molar-refractivity contribution in [2.75, 3.05) is 0 Å². The summed E-state index contributed by atoms with van der Waals surface area (Å²) in [5, 5.41) is 9.27. The third-order valence-corrected chi connectivity index (χ3v) is 3.84. The van der Waals surface area contributed by atoms with Crippen LogP contribution >= 0.6 is 15.9 Å². The van der Waals surface area contributed by atoms with Gasteiger partial charge in [0.25, 0.3) is 0 Å². The van der Waals surface area contributed by atoms with Crippen LogP contribution in [0.3, 0.4) is 0 Å². The van der Waals surface area contributed by atoms with E-state index in [2.05, 4.69) is 15.9 Å². The second-order valence-electron chi connectivity index (χ2n) is 4.48. The summed E-state index contributed by atoms with van der Waals surface area (Å²) in [6.45, 7) is 0. The highest BCUT2D eigenvalue weighted by molar-refractivity contribution is 9.10. The Morgan fingerprint density at radius 3 is 2.75 bits per heavy atom. The number of benzene rings is 1. The summed E-state index contributed by atoms with van der Waals surface area (Å²) in [6.07, 6.45) is 4.43. The third kappa shape index (κ3) is 2.64. The van der Waals surface area contributed by atoms with E-state index in [1.807, 2.05) is 24.3 Å². The predicted octanol–water partition coefficient (Wildman–Crippen LogP) is 3.81. The lowest BCUT2D eigenvalue weighted by molar-refractivity contribution is -0.139. The summed E-state index contributed by atoms with van der Waals surface area (Å²) in [5.41, 5.74) is 0.911. The summed E-state index contributed by atoms with van der Waals surface area (Å²) in [4.78, 5) is 11.3. The number of carboxylic acids is 1. The van der Waals surface area contributed by atoms with Gasteiger partial charge in [-0.15, -0.1) is 0 Å². The minimum absolute atomic E-state index is 0.345. The van der Waals surface area contributed by atoms with Crippen molar-refractivity contribution in [1.82, 2.24) is 0 Å². The molecule has 2 nitrogen and oxygen atoms in total. The van der Waals surface area contributed by atoms with E-state index in [1.54, 1.807) is 0 Å². The highest BCUT2D eigenvalue weighted by atomic mass is 79.9. The second-order valence-corrected chi connectivity index (χ2v) is 5.39. The number of aliphatic carboxylic acids is 1. The van der Waals surface area contributed by atoms with Crippen LogP contribution in [0.4, 0.5) is 0 Å². The van der Waals surface area contributed by atoms with Gasteiger partial charge in [0.2, 0.25) is 0 Å². The summed E-state index contributed by atoms with van der Waals surface area (Å²) < 4.78 is 0.949. The van der Waals surface area contributed by atoms with E-state index in [0.29, 0.717) is 5.92 Å². The van der Waals surface area contributed by atoms with Gasteiger partial charge in [-0.05, 0) is 30.0 Å². The van der Waals surface area contributed by atoms with Gasteiger partial charge in [-0.25, -0.2) is 0 Å². The van der Waals surface area contributed by atoms with Gasteiger partial charge in [-0.2, -0.15) is 0 Å². The molecule has 0 amide bonds. The molecular weight excluding hydrogens is 268 g/mol. The van der Waals surface area contributed by atoms with Crippen LogP contribution in [0.1, 0.15) is 37.2 Å². The fourth-order valence-electron chi connectivity index (χ4n) is 2.16. The van der Waals surface area contributed by atoms with E-state index in [1.165, 1.54) is 19.3 Å². The fraction of sp³-hybridized carbons (Fsp3) is 0.462. The topological polar surface area (TPSA) is 37.3 Å². The SMILES string of the molecule is O=C(O)C(CC1CCC1)c1cccc(Br)c1. The number of carbonyl (C=O) groups is 1. The average Bonchev–Trinajstić information content (AvgIpc) is 2.15. The zero-order chi connectivity index (χ0) is 11.5. The van der Waals surface area contributed by atoms with E-state index in [4.69, 9.17) is 0 Å². The molecule has 1 aliphatic carbocycles. The van der Waals surface area contributed by atoms with Crippen LogP contribution in [0, 0.1) is 5.92 Å². The molecule has 1 unspecified atom stereocenters. The van der Waals surface area contributed by atoms with E-state index in [9.17, 15) is 9.90 Å². The maximum absolute atomic E-state index is 11.3. The van der Waals surface area contributed by atoms with Crippen LogP contribution in [0.15, 0.2) is 28.7 Å². The van der Waals surface area contributed by atoms with E-state index in [-0.39, 0.29) is 5.92 Å². The van der Waals surface area contributed by atoms with Gasteiger partial charge in [-0.1, -0.05) is 47.3 Å². The highest BCUT2D eigenvalue weighted by Gasteiger charge is 2.27. The molecule has 1 aromatic rings. The monoisotopic (exact) mass is 282 g/mol. The molecule has 2 rings (SSSR count). The first-order valence-electron chi connectivity index (χ1n) is 5.65. The molecule has 16 heavy (non-hydrogen) atoms. The quantitative estimate of drug-likeness (QED) is 0.912. The molecule has 1 fully saturated rings. The maximum Gasteiger partial charge on any atom is 0.310 e. The van der Waals surface area contributed by atoms with E-state index >= 15 is 0 Å². The largest absolute Gasteiger partial charge is 0.481 e. The third-order valence-electron chi connectivity index (χ3n) is 3.34. The van der Waals surface area contributed by atoms with Crippen LogP contribution in [0.25, 0.3) is 0 Å². The summed E-state index contributed by atoms with van der Waals surface area (Å²) in [7, 11) is 0. The predicted molar refractivity (Wildman–Crippen MR) is 66.5 cm³/mol. The molecule has 3 heteroatoms. The molecule has 1 saturated carbocycles. The first-order valence-corrected chi connectivity index (χ1v) is 6.44. The number of halogens is 1. The number of rotatable bonds is 4. The molecule has 0 radical (unpaired) electrons. The molecule has 1 atom stereocenters. The highest BCUT2D eigenvalue weighted by Crippen LogP contribution is 2.36. The Balaban J connectivity index is 2.14. The van der Waals surface area contributed by atoms with Crippen molar-refractivity contribution in [2.24, 2.45) is 5.92 Å². The zero-order valence-electron chi connectivity index (χ0n) is 9.03. The molecule has 0 spiro atoms. The fourth-order valence-corrected chi connectivity index (χ4v) is 2.58. The van der Waals surface area contributed by atoms with Gasteiger partial charge in [0.05, 0.1) is 5.92 Å². The Bertz CT molecular complexity index is 385. The molecule has 1 N–H and O–H groups in total. The first-order chi connectivity index (χ1) is 7.66. The summed E-state index contributed by atoms with van der Waals surface area (Å²) >= 11 is 3.38. The number of hydrogen-bond donors (Lipinski definition) is 1. The Morgan fingerprint density at radius 2 is 2.25 bits per heavy atom. The normalized spacial score (nSPS) is 17.8. The van der Waals surface area contributed by atoms with E-state index < -0.39 is 5.97 Å². The Labute approximate surface area is 104 Å². The van der Waals surface area contributed by atoms with Crippen LogP contribution in [-0.2, 0) is 4.79 Å². The molecule has 0 aromatic heterocycles. The zero-order valence-corrected chi connectivity index (χ0v) is 10.6. The minimum Gasteiger partial charge on any atom is -0.481 e. The Kier molecular flexibility index (Phi) is 3.64. The molecule has 1 aromatic carbocycles. The maximum atomic E-state index is 11.3. The van der Waals surface area contributed by atoms with Gasteiger partial charge in [-0.3, -0.25) is 4.79 Å². The Morgan fingerprint density at radius 1 is 1.50 bits per heavy atom. The van der Waals surface area contributed by atoms with Crippen molar-refractivity contribution < 1.29 is 9.90 Å². The lowest BCUT2D eigenvalue weighted by Crippen LogP contribution is -2.20. The van der Waals surface area contributed by atoms with Gasteiger partial charge in [0, 0.05) is 4.47 Å². The number of carboxylic acid groups (broad SMARTS) is 1. The minimum atomic E-state index is -0.704. The molecule has 86 valence electrons. The smallest absolute Gasteiger partial charge is 0.310 e. The molecular formula is C13H15BrO2. The van der Waals surface area contributed by atoms with Crippen LogP contribution in [0.2, 0.25) is 0 Å². The van der Waals surface area contributed by atoms with Crippen LogP contribution in [0.5, 0.6) is 0 Å². The first kappa shape index (κ1) is 11.6. The van der Waals surface area contributed by atoms with Crippen molar-refractivity contribution in [2.45, 2.75) is 31.6 Å². The van der Waals surface area contributed by atoms with E-state index in [0.717, 1.165) is 16.5 Å². The lowest BCUT2D eigenvalue weighted by atomic mass is 9.77.